The van der Waals surface area contributed by atoms with Gasteiger partial charge in [0.25, 0.3) is 17.5 Å². The molecule has 0 aliphatic carbocycles. The Morgan fingerprint density at radius 2 is 1.81 bits per heavy atom. The molecule has 3 aromatic carbocycles. The molecule has 2 aromatic heterocycles. The Hall–Kier alpha value is -6.91. The molecule has 1 saturated heterocycles. The van der Waals surface area contributed by atoms with Crippen LogP contribution >= 0.6 is 33.2 Å². The van der Waals surface area contributed by atoms with Crippen molar-refractivity contribution in [2.24, 2.45) is 5.10 Å². The van der Waals surface area contributed by atoms with Gasteiger partial charge < -0.3 is 38.5 Å². The molecule has 0 radical (unpaired) electrons. The number of H-pyrrole nitrogens is 1. The van der Waals surface area contributed by atoms with Gasteiger partial charge in [0.2, 0.25) is 17.4 Å². The average molecular weight is 1020 g/mol. The van der Waals surface area contributed by atoms with Crippen LogP contribution in [0.5, 0.6) is 11.5 Å². The third-order valence-electron chi connectivity index (χ3n) is 11.3. The summed E-state index contributed by atoms with van der Waals surface area (Å²) in [6, 6.07) is 14.7. The van der Waals surface area contributed by atoms with Gasteiger partial charge in [0, 0.05) is 99.1 Å². The smallest absolute Gasteiger partial charge is 0.415 e. The minimum Gasteiger partial charge on any atom is -0.482 e. The third-order valence-corrected chi connectivity index (χ3v) is 15.0. The van der Waals surface area contributed by atoms with E-state index >= 15 is 0 Å². The molecule has 20 nitrogen and oxygen atoms in total. The SMILES string of the molecule is COC(=O)c1c(C)[nH]c2c(OC(=O)N(C)CCSSC(C)(C)CC(=O)N/N=C(\C)c3ccc(OCC(=O)ON4C(=O)CCC4=O)cc3)cc3c(c12)[C@H](CCl)C[N+]3=C(O)c1cc2cc([N+](C)=O)ccc2o1. The van der Waals surface area contributed by atoms with E-state index in [1.807, 2.05) is 13.8 Å². The summed E-state index contributed by atoms with van der Waals surface area (Å²) >= 11 is 6.55. The molecule has 3 N–H and O–H groups in total. The molecule has 0 saturated carbocycles. The number of aliphatic hydroxyl groups is 1. The molecular weight excluding hydrogens is 970 g/mol. The van der Waals surface area contributed by atoms with Gasteiger partial charge in [-0.2, -0.15) is 9.68 Å². The second-order valence-corrected chi connectivity index (χ2v) is 20.4. The number of nitroso groups, excluding NO2 is 1. The third kappa shape index (κ3) is 11.2. The number of carbonyl (C=O) groups is 6. The number of nitrogens with zero attached hydrogens (tertiary/aromatic N) is 5. The number of carbonyl (C=O) groups excluding carboxylic acids is 6. The van der Waals surface area contributed by atoms with Crippen LogP contribution in [-0.2, 0) is 28.8 Å². The first-order chi connectivity index (χ1) is 33.3. The lowest BCUT2D eigenvalue weighted by Crippen LogP contribution is -2.33. The van der Waals surface area contributed by atoms with Gasteiger partial charge in [-0.25, -0.2) is 19.8 Å². The van der Waals surface area contributed by atoms with Gasteiger partial charge >= 0.3 is 23.9 Å². The van der Waals surface area contributed by atoms with Crippen molar-refractivity contribution in [2.45, 2.75) is 57.6 Å². The van der Waals surface area contributed by atoms with Gasteiger partial charge in [-0.1, -0.05) is 21.6 Å². The zero-order valence-electron chi connectivity index (χ0n) is 39.2. The van der Waals surface area contributed by atoms with Crippen molar-refractivity contribution in [1.82, 2.24) is 20.4 Å². The van der Waals surface area contributed by atoms with E-state index in [2.05, 4.69) is 15.5 Å². The number of rotatable bonds is 18. The van der Waals surface area contributed by atoms with Crippen molar-refractivity contribution in [3.05, 3.63) is 87.6 Å². The number of ether oxygens (including phenoxy) is 3. The van der Waals surface area contributed by atoms with Gasteiger partial charge in [-0.3, -0.25) is 14.4 Å². The molecule has 0 unspecified atom stereocenters. The molecule has 0 spiro atoms. The number of furan rings is 1. The summed E-state index contributed by atoms with van der Waals surface area (Å²) in [4.78, 5) is 96.7. The second kappa shape index (κ2) is 21.4. The highest BCUT2D eigenvalue weighted by Gasteiger charge is 2.42. The van der Waals surface area contributed by atoms with E-state index in [0.29, 0.717) is 77.1 Å². The number of aromatic nitrogens is 1. The number of amides is 4. The summed E-state index contributed by atoms with van der Waals surface area (Å²) in [7, 11) is 7.19. The first-order valence-electron chi connectivity index (χ1n) is 21.8. The molecule has 1 fully saturated rings. The lowest BCUT2D eigenvalue weighted by atomic mass is 9.95. The van der Waals surface area contributed by atoms with E-state index in [1.54, 1.807) is 80.1 Å². The van der Waals surface area contributed by atoms with Gasteiger partial charge in [-0.05, 0) is 63.6 Å². The van der Waals surface area contributed by atoms with E-state index < -0.39 is 41.2 Å². The van der Waals surface area contributed by atoms with Gasteiger partial charge in [-0.15, -0.1) is 16.7 Å². The topological polar surface area (TPSA) is 242 Å². The van der Waals surface area contributed by atoms with Crippen molar-refractivity contribution >= 4 is 114 Å². The Morgan fingerprint density at radius 3 is 2.49 bits per heavy atom. The number of hydrogen-bond donors (Lipinski definition) is 3. The van der Waals surface area contributed by atoms with Crippen LogP contribution in [0.4, 0.5) is 16.2 Å². The maximum Gasteiger partial charge on any atom is 0.415 e. The Morgan fingerprint density at radius 1 is 1.10 bits per heavy atom. The van der Waals surface area contributed by atoms with Gasteiger partial charge in [0.05, 0.1) is 35.9 Å². The van der Waals surface area contributed by atoms with Crippen LogP contribution in [0.25, 0.3) is 21.9 Å². The number of aromatic amines is 1. The fraction of sp³-hybridized carbons (Fsp3) is 0.362. The lowest BCUT2D eigenvalue weighted by Gasteiger charge is -2.23. The highest BCUT2D eigenvalue weighted by atomic mass is 35.5. The predicted octanol–water partition coefficient (Wildman–Crippen LogP) is 7.54. The van der Waals surface area contributed by atoms with Crippen molar-refractivity contribution in [1.29, 1.82) is 0 Å². The number of hydrogen-bond acceptors (Lipinski definition) is 15. The molecule has 2 aliphatic rings. The zero-order valence-corrected chi connectivity index (χ0v) is 41.6. The van der Waals surface area contributed by atoms with Crippen LogP contribution in [0.2, 0.25) is 0 Å². The van der Waals surface area contributed by atoms with E-state index in [4.69, 9.17) is 35.1 Å². The van der Waals surface area contributed by atoms with Crippen LogP contribution in [0, 0.1) is 11.8 Å². The number of methoxy groups -OCH3 is 1. The molecule has 4 heterocycles. The van der Waals surface area contributed by atoms with Crippen molar-refractivity contribution in [2.75, 3.05) is 52.5 Å². The molecule has 2 aliphatic heterocycles. The number of hydrazone groups is 1. The number of esters is 1. The summed E-state index contributed by atoms with van der Waals surface area (Å²) in [6.07, 6.45) is -0.592. The molecule has 1 atom stereocenters. The van der Waals surface area contributed by atoms with Gasteiger partial charge in [0.15, 0.2) is 25.9 Å². The Kier molecular flexibility index (Phi) is 15.6. The van der Waals surface area contributed by atoms with Gasteiger partial charge in [0.1, 0.15) is 11.3 Å². The standard InChI is InChI=1S/C47H48ClN7O13S2/c1-25(27-8-11-31(12-9-27)65-24-39(59)68-55-37(57)14-15-38(55)58)50-51-36(56)21-47(3,4)70-69-17-16-52(5)46(62)67-34-20-32-41(42-40(45(61)64-7)26(2)49-43(34)42)29(22-48)23-54(32)44(60)35-19-28-18-30(53(6)63)10-13-33(28)66-35/h8-13,18-20,29H,14-17,21-24H2,1-7H3,(H-,49,51,56,61)/p+2/b50-25+/t29-/m1/s1. The highest BCUT2D eigenvalue weighted by Crippen LogP contribution is 2.47. The molecule has 70 heavy (non-hydrogen) atoms. The lowest BCUT2D eigenvalue weighted by molar-refractivity contribution is -0.440. The number of aryl methyl sites for hydroxylation is 1. The number of benzene rings is 3. The molecule has 4 amide bonds. The molecule has 5 aromatic rings. The summed E-state index contributed by atoms with van der Waals surface area (Å²) in [6.45, 7) is 7.20. The normalized spacial score (nSPS) is 15.6. The summed E-state index contributed by atoms with van der Waals surface area (Å²) < 4.78 is 24.4. The predicted molar refractivity (Wildman–Crippen MR) is 262 cm³/mol. The molecule has 368 valence electrons. The van der Waals surface area contributed by atoms with Crippen LogP contribution < -0.4 is 14.9 Å². The number of hydroxylamine groups is 2. The minimum atomic E-state index is -0.902. The minimum absolute atomic E-state index is 0.0134. The average Bonchev–Trinajstić information content (AvgIpc) is 4.10. The molecule has 0 bridgehead atoms. The second-order valence-electron chi connectivity index (χ2n) is 17.0. The maximum atomic E-state index is 13.7. The van der Waals surface area contributed by atoms with E-state index in [0.717, 1.165) is 0 Å². The van der Waals surface area contributed by atoms with E-state index in [-0.39, 0.29) is 73.0 Å². The van der Waals surface area contributed by atoms with Crippen LogP contribution in [-0.4, -0.2) is 134 Å². The first kappa shape index (κ1) is 51.0. The summed E-state index contributed by atoms with van der Waals surface area (Å²) in [5.41, 5.74) is 6.78. The zero-order chi connectivity index (χ0) is 50.6. The van der Waals surface area contributed by atoms with E-state index in [1.165, 1.54) is 40.6 Å². The Labute approximate surface area is 413 Å². The van der Waals surface area contributed by atoms with Crippen LogP contribution in [0.1, 0.15) is 78.9 Å². The number of alkyl halides is 1. The fourth-order valence-corrected chi connectivity index (χ4v) is 10.6. The summed E-state index contributed by atoms with van der Waals surface area (Å²) in [5, 5.41) is 17.5. The maximum absolute atomic E-state index is 13.7. The monoisotopic (exact) mass is 1020 g/mol. The number of nitrogens with one attached hydrogen (secondary N) is 2. The summed E-state index contributed by atoms with van der Waals surface area (Å²) in [5.74, 6) is -2.50. The first-order valence-corrected chi connectivity index (χ1v) is 24.6. The van der Waals surface area contributed by atoms with Crippen LogP contribution in [0.3, 0.4) is 0 Å². The quantitative estimate of drug-likeness (QED) is 0.00884. The largest absolute Gasteiger partial charge is 0.482 e. The highest BCUT2D eigenvalue weighted by molar-refractivity contribution is 8.77. The fourth-order valence-electron chi connectivity index (χ4n) is 7.79. The van der Waals surface area contributed by atoms with Crippen LogP contribution in [0.15, 0.2) is 64.1 Å². The molecule has 23 heteroatoms. The number of imide groups is 1. The molecular formula is C47H50ClN7O13S2+2. The molecule has 7 rings (SSSR count). The number of fused-ring (bicyclic) bond motifs is 4. The Bertz CT molecular complexity index is 2990. The van der Waals surface area contributed by atoms with Crippen molar-refractivity contribution in [3.63, 3.8) is 0 Å². The number of halogens is 1. The van der Waals surface area contributed by atoms with E-state index in [9.17, 15) is 38.8 Å². The van der Waals surface area contributed by atoms with Crippen molar-refractivity contribution < 1.29 is 66.7 Å². The Balaban J connectivity index is 0.957. The number of aliphatic hydroxyl groups excluding tert-OH is 1. The van der Waals surface area contributed by atoms with Crippen molar-refractivity contribution in [3.8, 4) is 11.5 Å².